The van der Waals surface area contributed by atoms with Crippen molar-refractivity contribution in [3.63, 3.8) is 0 Å². The summed E-state index contributed by atoms with van der Waals surface area (Å²) in [5.41, 5.74) is 5.95. The second-order valence-corrected chi connectivity index (χ2v) is 13.1. The molecule has 3 aliphatic carbocycles. The molecule has 0 spiro atoms. The van der Waals surface area contributed by atoms with Gasteiger partial charge in [0.1, 0.15) is 0 Å². The Hall–Kier alpha value is -3.45. The third kappa shape index (κ3) is 4.66. The van der Waals surface area contributed by atoms with Gasteiger partial charge in [-0.3, -0.25) is 9.48 Å². The average Bonchev–Trinajstić information content (AvgIpc) is 3.43. The van der Waals surface area contributed by atoms with E-state index < -0.39 is 0 Å². The van der Waals surface area contributed by atoms with Crippen molar-refractivity contribution in [3.05, 3.63) is 64.9 Å². The van der Waals surface area contributed by atoms with Crippen LogP contribution in [-0.2, 0) is 38.1 Å². The predicted octanol–water partition coefficient (Wildman–Crippen LogP) is 6.48. The van der Waals surface area contributed by atoms with Crippen LogP contribution in [0.25, 0.3) is 17.0 Å². The predicted molar refractivity (Wildman–Crippen MR) is 163 cm³/mol. The number of carbonyl (C=O) groups is 2. The normalized spacial score (nSPS) is 25.6. The van der Waals surface area contributed by atoms with Gasteiger partial charge < -0.3 is 14.4 Å². The minimum Gasteiger partial charge on any atom is -0.466 e. The van der Waals surface area contributed by atoms with Gasteiger partial charge in [-0.15, -0.1) is 0 Å². The van der Waals surface area contributed by atoms with Crippen LogP contribution in [0, 0.1) is 11.3 Å². The summed E-state index contributed by atoms with van der Waals surface area (Å²) in [5.74, 6) is 0.0756. The summed E-state index contributed by atoms with van der Waals surface area (Å²) >= 11 is 0. The molecule has 7 nitrogen and oxygen atoms in total. The number of ether oxygens (including phenoxy) is 2. The monoisotopic (exact) mass is 567 g/mol. The molecular formula is C35H41N3O4. The van der Waals surface area contributed by atoms with Crippen molar-refractivity contribution in [1.29, 1.82) is 0 Å². The SMILES string of the molecule is COC(=O)C1=Cc2cccc(N(CC34CCC(c5ccc6c(cnn6C)c5)(CC3)OC4)C(=O)C3CCCCC3)c2CC1. The summed E-state index contributed by atoms with van der Waals surface area (Å²) in [4.78, 5) is 28.8. The smallest absolute Gasteiger partial charge is 0.333 e. The fourth-order valence-electron chi connectivity index (χ4n) is 8.04. The lowest BCUT2D eigenvalue weighted by Crippen LogP contribution is -2.55. The van der Waals surface area contributed by atoms with Crippen molar-refractivity contribution >= 4 is 34.5 Å². The topological polar surface area (TPSA) is 73.7 Å². The van der Waals surface area contributed by atoms with E-state index in [0.29, 0.717) is 25.1 Å². The molecule has 8 rings (SSSR count). The second kappa shape index (κ2) is 10.7. The molecule has 1 amide bonds. The minimum atomic E-state index is -0.271. The van der Waals surface area contributed by atoms with E-state index >= 15 is 0 Å². The summed E-state index contributed by atoms with van der Waals surface area (Å²) in [7, 11) is 3.41. The Morgan fingerprint density at radius 2 is 1.88 bits per heavy atom. The molecule has 4 fully saturated rings. The molecule has 2 aromatic carbocycles. The summed E-state index contributed by atoms with van der Waals surface area (Å²) in [6.07, 6.45) is 14.6. The first-order chi connectivity index (χ1) is 20.4. The number of anilines is 1. The zero-order valence-corrected chi connectivity index (χ0v) is 24.9. The Kier molecular flexibility index (Phi) is 6.96. The van der Waals surface area contributed by atoms with Crippen molar-refractivity contribution in [2.45, 2.75) is 76.2 Å². The molecule has 2 saturated carbocycles. The molecule has 3 aromatic rings. The molecule has 5 aliphatic rings. The number of rotatable bonds is 6. The number of amides is 1. The van der Waals surface area contributed by atoms with Crippen molar-refractivity contribution in [1.82, 2.24) is 9.78 Å². The summed E-state index contributed by atoms with van der Waals surface area (Å²) in [6, 6.07) is 12.8. The molecule has 0 unspecified atom stereocenters. The Bertz CT molecular complexity index is 1540. The zero-order chi connectivity index (χ0) is 28.9. The van der Waals surface area contributed by atoms with E-state index in [1.54, 1.807) is 0 Å². The Labute approximate surface area is 247 Å². The fourth-order valence-corrected chi connectivity index (χ4v) is 8.04. The van der Waals surface area contributed by atoms with E-state index in [1.807, 2.05) is 30.1 Å². The number of aromatic nitrogens is 2. The lowest BCUT2D eigenvalue weighted by Gasteiger charge is -2.54. The molecule has 1 aromatic heterocycles. The van der Waals surface area contributed by atoms with Gasteiger partial charge in [0.15, 0.2) is 0 Å². The van der Waals surface area contributed by atoms with Gasteiger partial charge >= 0.3 is 5.97 Å². The summed E-state index contributed by atoms with van der Waals surface area (Å²) < 4.78 is 13.7. The number of methoxy groups -OCH3 is 1. The molecule has 2 saturated heterocycles. The highest BCUT2D eigenvalue weighted by molar-refractivity contribution is 5.98. The van der Waals surface area contributed by atoms with Gasteiger partial charge in [-0.1, -0.05) is 37.5 Å². The molecule has 0 N–H and O–H groups in total. The van der Waals surface area contributed by atoms with E-state index in [1.165, 1.54) is 19.1 Å². The van der Waals surface area contributed by atoms with Crippen molar-refractivity contribution in [2.24, 2.45) is 18.4 Å². The van der Waals surface area contributed by atoms with Crippen LogP contribution in [0.3, 0.4) is 0 Å². The van der Waals surface area contributed by atoms with Crippen LogP contribution in [0.1, 0.15) is 80.9 Å². The molecule has 2 bridgehead atoms. The quantitative estimate of drug-likeness (QED) is 0.319. The van der Waals surface area contributed by atoms with Crippen LogP contribution in [0.5, 0.6) is 0 Å². The van der Waals surface area contributed by atoms with Crippen LogP contribution in [0.2, 0.25) is 0 Å². The van der Waals surface area contributed by atoms with Gasteiger partial charge in [0.2, 0.25) is 5.91 Å². The molecular weight excluding hydrogens is 526 g/mol. The van der Waals surface area contributed by atoms with Gasteiger partial charge in [0.05, 0.1) is 31.0 Å². The maximum atomic E-state index is 14.3. The number of esters is 1. The van der Waals surface area contributed by atoms with Crippen LogP contribution in [-0.4, -0.2) is 41.9 Å². The molecule has 2 aliphatic heterocycles. The first-order valence-electron chi connectivity index (χ1n) is 15.7. The lowest BCUT2D eigenvalue weighted by atomic mass is 9.63. The first kappa shape index (κ1) is 27.4. The van der Waals surface area contributed by atoms with Gasteiger partial charge in [-0.2, -0.15) is 5.10 Å². The summed E-state index contributed by atoms with van der Waals surface area (Å²) in [5, 5.41) is 5.58. The first-order valence-corrected chi connectivity index (χ1v) is 15.7. The number of fused-ring (bicyclic) bond motifs is 5. The number of benzene rings is 2. The van der Waals surface area contributed by atoms with E-state index in [0.717, 1.165) is 85.5 Å². The number of aryl methyl sites for hydroxylation is 1. The number of nitrogens with zero attached hydrogens (tertiary/aromatic N) is 3. The van der Waals surface area contributed by atoms with E-state index in [4.69, 9.17) is 9.47 Å². The molecule has 0 radical (unpaired) electrons. The molecule has 42 heavy (non-hydrogen) atoms. The highest BCUT2D eigenvalue weighted by Gasteiger charge is 2.52. The standard InChI is InChI=1S/C35H41N3O4/c1-37-30-14-12-28(20-27(30)21-36-37)35-17-15-34(16-18-35,23-42-35)22-38(32(39)24-7-4-3-5-8-24)31-10-6-9-25-19-26(33(40)41-2)11-13-29(25)31/h6,9-10,12,14,19-21,24H,3-5,7-8,11,13,15-18,22-23H2,1-2H3. The van der Waals surface area contributed by atoms with Gasteiger partial charge in [-0.05, 0) is 92.3 Å². The minimum absolute atomic E-state index is 0.0606. The third-order valence-electron chi connectivity index (χ3n) is 10.7. The highest BCUT2D eigenvalue weighted by atomic mass is 16.5. The Morgan fingerprint density at radius 1 is 1.07 bits per heavy atom. The fraction of sp³-hybridized carbons (Fsp3) is 0.514. The van der Waals surface area contributed by atoms with E-state index in [9.17, 15) is 9.59 Å². The average molecular weight is 568 g/mol. The molecule has 0 atom stereocenters. The van der Waals surface area contributed by atoms with Gasteiger partial charge in [-0.25, -0.2) is 4.79 Å². The lowest BCUT2D eigenvalue weighted by molar-refractivity contribution is -0.186. The Morgan fingerprint density at radius 3 is 2.62 bits per heavy atom. The van der Waals surface area contributed by atoms with Crippen molar-refractivity contribution < 1.29 is 19.1 Å². The second-order valence-electron chi connectivity index (χ2n) is 13.1. The van der Waals surface area contributed by atoms with Crippen molar-refractivity contribution in [3.8, 4) is 0 Å². The van der Waals surface area contributed by atoms with E-state index in [-0.39, 0.29) is 28.8 Å². The Balaban J connectivity index is 1.18. The maximum Gasteiger partial charge on any atom is 0.333 e. The van der Waals surface area contributed by atoms with Crippen LogP contribution >= 0.6 is 0 Å². The largest absolute Gasteiger partial charge is 0.466 e. The highest BCUT2D eigenvalue weighted by Crippen LogP contribution is 2.54. The number of hydrogen-bond donors (Lipinski definition) is 0. The number of hydrogen-bond acceptors (Lipinski definition) is 5. The van der Waals surface area contributed by atoms with Crippen LogP contribution < -0.4 is 4.90 Å². The van der Waals surface area contributed by atoms with Gasteiger partial charge in [0.25, 0.3) is 0 Å². The number of carbonyl (C=O) groups excluding carboxylic acids is 2. The molecule has 3 heterocycles. The zero-order valence-electron chi connectivity index (χ0n) is 24.9. The van der Waals surface area contributed by atoms with E-state index in [2.05, 4.69) is 40.3 Å². The van der Waals surface area contributed by atoms with Crippen LogP contribution in [0.4, 0.5) is 5.69 Å². The maximum absolute atomic E-state index is 14.3. The van der Waals surface area contributed by atoms with Gasteiger partial charge in [0, 0.05) is 41.6 Å². The van der Waals surface area contributed by atoms with Crippen LogP contribution in [0.15, 0.2) is 48.2 Å². The molecule has 7 heteroatoms. The van der Waals surface area contributed by atoms with Crippen molar-refractivity contribution in [2.75, 3.05) is 25.2 Å². The molecule has 220 valence electrons. The third-order valence-corrected chi connectivity index (χ3v) is 10.7. The summed E-state index contributed by atoms with van der Waals surface area (Å²) in [6.45, 7) is 1.35.